The molecule has 5 nitrogen and oxygen atoms in total. The second kappa shape index (κ2) is 5.89. The van der Waals surface area contributed by atoms with Gasteiger partial charge in [0.15, 0.2) is 0 Å². The maximum Gasteiger partial charge on any atom is 0.323 e. The van der Waals surface area contributed by atoms with Gasteiger partial charge in [-0.2, -0.15) is 0 Å². The van der Waals surface area contributed by atoms with Gasteiger partial charge < -0.3 is 14.9 Å². The number of urea groups is 1. The lowest BCUT2D eigenvalue weighted by atomic mass is 9.85. The van der Waals surface area contributed by atoms with Crippen LogP contribution in [0, 0.1) is 5.92 Å². The van der Waals surface area contributed by atoms with Crippen LogP contribution in [0.1, 0.15) is 33.1 Å². The second-order valence-corrected chi connectivity index (χ2v) is 5.08. The Morgan fingerprint density at radius 1 is 1.35 bits per heavy atom. The highest BCUT2D eigenvalue weighted by atomic mass is 16.4. The predicted molar refractivity (Wildman–Crippen MR) is 64.8 cm³/mol. The van der Waals surface area contributed by atoms with Crippen molar-refractivity contribution in [3.05, 3.63) is 0 Å². The molecule has 0 heterocycles. The molecule has 0 spiro atoms. The molecule has 1 saturated carbocycles. The molecule has 2 amide bonds. The average molecular weight is 242 g/mol. The van der Waals surface area contributed by atoms with Crippen LogP contribution in [0.15, 0.2) is 0 Å². The zero-order valence-electron chi connectivity index (χ0n) is 10.8. The van der Waals surface area contributed by atoms with Crippen molar-refractivity contribution < 1.29 is 14.7 Å². The molecule has 17 heavy (non-hydrogen) atoms. The van der Waals surface area contributed by atoms with Crippen LogP contribution < -0.4 is 0 Å². The number of hydrogen-bond donors (Lipinski definition) is 1. The molecule has 0 bridgehead atoms. The Bertz CT molecular complexity index is 287. The third-order valence-electron chi connectivity index (χ3n) is 3.26. The number of amides is 2. The van der Waals surface area contributed by atoms with Gasteiger partial charge in [-0.3, -0.25) is 4.79 Å². The maximum absolute atomic E-state index is 12.1. The molecule has 1 N–H and O–H groups in total. The summed E-state index contributed by atoms with van der Waals surface area (Å²) in [5.74, 6) is -0.369. The number of carbonyl (C=O) groups is 2. The van der Waals surface area contributed by atoms with Gasteiger partial charge in [-0.05, 0) is 32.6 Å². The molecule has 0 atom stereocenters. The molecule has 1 fully saturated rings. The summed E-state index contributed by atoms with van der Waals surface area (Å²) in [7, 11) is 1.75. The molecular formula is C12H22N2O3. The number of carbonyl (C=O) groups excluding carboxylic acids is 1. The first-order chi connectivity index (χ1) is 7.91. The number of rotatable bonds is 5. The number of carboxylic acids is 1. The van der Waals surface area contributed by atoms with Gasteiger partial charge in [0.2, 0.25) is 0 Å². The highest BCUT2D eigenvalue weighted by Gasteiger charge is 2.26. The smallest absolute Gasteiger partial charge is 0.323 e. The summed E-state index contributed by atoms with van der Waals surface area (Å²) in [6, 6.07) is -0.281. The molecule has 5 heteroatoms. The van der Waals surface area contributed by atoms with E-state index in [1.807, 2.05) is 13.8 Å². The van der Waals surface area contributed by atoms with E-state index >= 15 is 0 Å². The number of carboxylic acid groups (broad SMARTS) is 1. The van der Waals surface area contributed by atoms with Crippen molar-refractivity contribution in [2.45, 2.75) is 39.2 Å². The van der Waals surface area contributed by atoms with Crippen molar-refractivity contribution in [2.75, 3.05) is 20.1 Å². The summed E-state index contributed by atoms with van der Waals surface area (Å²) in [6.45, 7) is 4.17. The van der Waals surface area contributed by atoms with Crippen LogP contribution in [0.3, 0.4) is 0 Å². The fourth-order valence-corrected chi connectivity index (χ4v) is 1.98. The van der Waals surface area contributed by atoms with Gasteiger partial charge in [0.25, 0.3) is 0 Å². The first-order valence-electron chi connectivity index (χ1n) is 6.15. The molecule has 0 aromatic carbocycles. The lowest BCUT2D eigenvalue weighted by Gasteiger charge is -2.34. The number of nitrogens with zero attached hydrogens (tertiary/aromatic N) is 2. The summed E-state index contributed by atoms with van der Waals surface area (Å²) >= 11 is 0. The Balaban J connectivity index is 2.52. The van der Waals surface area contributed by atoms with E-state index < -0.39 is 5.97 Å². The van der Waals surface area contributed by atoms with Crippen molar-refractivity contribution in [3.8, 4) is 0 Å². The summed E-state index contributed by atoms with van der Waals surface area (Å²) < 4.78 is 0. The van der Waals surface area contributed by atoms with Crippen LogP contribution in [0.25, 0.3) is 0 Å². The van der Waals surface area contributed by atoms with E-state index in [4.69, 9.17) is 5.11 Å². The van der Waals surface area contributed by atoms with E-state index in [0.29, 0.717) is 5.92 Å². The molecular weight excluding hydrogens is 220 g/mol. The minimum atomic E-state index is -0.968. The topological polar surface area (TPSA) is 60.9 Å². The molecule has 0 aromatic heterocycles. The fraction of sp³-hybridized carbons (Fsp3) is 0.833. The van der Waals surface area contributed by atoms with Crippen molar-refractivity contribution in [2.24, 2.45) is 5.92 Å². The van der Waals surface area contributed by atoms with Gasteiger partial charge in [-0.15, -0.1) is 0 Å². The molecule has 0 unspecified atom stereocenters. The van der Waals surface area contributed by atoms with Crippen LogP contribution in [0.5, 0.6) is 0 Å². The zero-order chi connectivity index (χ0) is 13.0. The first-order valence-corrected chi connectivity index (χ1v) is 6.15. The van der Waals surface area contributed by atoms with E-state index in [2.05, 4.69) is 0 Å². The van der Waals surface area contributed by atoms with Crippen molar-refractivity contribution in [3.63, 3.8) is 0 Å². The van der Waals surface area contributed by atoms with Gasteiger partial charge in [0.05, 0.1) is 0 Å². The normalized spacial score (nSPS) is 15.5. The number of aliphatic carboxylic acids is 1. The summed E-state index contributed by atoms with van der Waals surface area (Å²) in [4.78, 5) is 25.8. The predicted octanol–water partition coefficient (Wildman–Crippen LogP) is 1.63. The van der Waals surface area contributed by atoms with E-state index in [1.54, 1.807) is 11.9 Å². The van der Waals surface area contributed by atoms with Crippen molar-refractivity contribution >= 4 is 12.0 Å². The third-order valence-corrected chi connectivity index (χ3v) is 3.26. The summed E-state index contributed by atoms with van der Waals surface area (Å²) in [5.41, 5.74) is 0. The maximum atomic E-state index is 12.1. The van der Waals surface area contributed by atoms with E-state index in [-0.39, 0.29) is 18.6 Å². The van der Waals surface area contributed by atoms with Crippen LogP contribution in [0.2, 0.25) is 0 Å². The van der Waals surface area contributed by atoms with Crippen molar-refractivity contribution in [1.82, 2.24) is 9.80 Å². The molecule has 1 aliphatic rings. The van der Waals surface area contributed by atoms with E-state index in [9.17, 15) is 9.59 Å². The van der Waals surface area contributed by atoms with E-state index in [0.717, 1.165) is 6.54 Å². The molecule has 98 valence electrons. The monoisotopic (exact) mass is 242 g/mol. The third kappa shape index (κ3) is 3.91. The highest BCUT2D eigenvalue weighted by Crippen LogP contribution is 2.27. The van der Waals surface area contributed by atoms with Gasteiger partial charge in [0.1, 0.15) is 6.54 Å². The fourth-order valence-electron chi connectivity index (χ4n) is 1.98. The van der Waals surface area contributed by atoms with E-state index in [1.165, 1.54) is 24.2 Å². The summed E-state index contributed by atoms with van der Waals surface area (Å²) in [6.07, 6.45) is 3.60. The Morgan fingerprint density at radius 3 is 2.29 bits per heavy atom. The minimum absolute atomic E-state index is 0.0950. The minimum Gasteiger partial charge on any atom is -0.480 e. The van der Waals surface area contributed by atoms with Crippen LogP contribution in [0.4, 0.5) is 4.79 Å². The van der Waals surface area contributed by atoms with Crippen LogP contribution >= 0.6 is 0 Å². The average Bonchev–Trinajstić information content (AvgIpc) is 2.18. The highest BCUT2D eigenvalue weighted by molar-refractivity contribution is 5.80. The number of hydrogen-bond acceptors (Lipinski definition) is 2. The molecule has 0 saturated heterocycles. The van der Waals surface area contributed by atoms with Gasteiger partial charge in [-0.1, -0.05) is 6.42 Å². The Hall–Kier alpha value is -1.26. The SMILES string of the molecule is CC(C)N(CC(=O)O)C(=O)N(C)CC1CCC1. The Labute approximate surface area is 102 Å². The van der Waals surface area contributed by atoms with Gasteiger partial charge in [0, 0.05) is 19.6 Å². The molecule has 0 aromatic rings. The molecule has 1 aliphatic carbocycles. The molecule has 0 aliphatic heterocycles. The molecule has 1 rings (SSSR count). The lowest BCUT2D eigenvalue weighted by molar-refractivity contribution is -0.138. The summed E-state index contributed by atoms with van der Waals surface area (Å²) in [5, 5.41) is 8.79. The standard InChI is InChI=1S/C12H22N2O3/c1-9(2)14(8-11(15)16)12(17)13(3)7-10-5-4-6-10/h9-10H,4-8H2,1-3H3,(H,15,16). The van der Waals surface area contributed by atoms with Gasteiger partial charge >= 0.3 is 12.0 Å². The Kier molecular flexibility index (Phi) is 4.78. The van der Waals surface area contributed by atoms with Gasteiger partial charge in [-0.25, -0.2) is 4.79 Å². The van der Waals surface area contributed by atoms with Crippen molar-refractivity contribution in [1.29, 1.82) is 0 Å². The largest absolute Gasteiger partial charge is 0.480 e. The second-order valence-electron chi connectivity index (χ2n) is 5.08. The zero-order valence-corrected chi connectivity index (χ0v) is 10.8. The quantitative estimate of drug-likeness (QED) is 0.797. The lowest BCUT2D eigenvalue weighted by Crippen LogP contribution is -2.48. The molecule has 0 radical (unpaired) electrons. The van der Waals surface area contributed by atoms with Crippen LogP contribution in [-0.4, -0.2) is 53.1 Å². The first kappa shape index (κ1) is 13.8. The van der Waals surface area contributed by atoms with Crippen LogP contribution in [-0.2, 0) is 4.79 Å². The Morgan fingerprint density at radius 2 is 1.94 bits per heavy atom.